The Hall–Kier alpha value is -1.61. The third-order valence-corrected chi connectivity index (χ3v) is 3.31. The molecule has 0 saturated carbocycles. The number of nitrogens with two attached hydrogens (primary N) is 1. The van der Waals surface area contributed by atoms with Crippen molar-refractivity contribution >= 4 is 35.4 Å². The van der Waals surface area contributed by atoms with Crippen LogP contribution in [0.1, 0.15) is 25.7 Å². The molecule has 0 aliphatic heterocycles. The maximum atomic E-state index is 11.8. The van der Waals surface area contributed by atoms with Gasteiger partial charge in [0.2, 0.25) is 5.91 Å². The lowest BCUT2D eigenvalue weighted by molar-refractivity contribution is -0.139. The first kappa shape index (κ1) is 19.4. The van der Waals surface area contributed by atoms with Crippen molar-refractivity contribution in [2.45, 2.75) is 37.8 Å². The number of ketones is 1. The van der Waals surface area contributed by atoms with Crippen LogP contribution < -0.4 is 11.1 Å². The van der Waals surface area contributed by atoms with Gasteiger partial charge in [-0.1, -0.05) is 0 Å². The van der Waals surface area contributed by atoms with Gasteiger partial charge in [-0.25, -0.2) is 0 Å². The summed E-state index contributed by atoms with van der Waals surface area (Å²) in [6, 6.07) is -1.90. The topological polar surface area (TPSA) is 147 Å². The second-order valence-corrected chi connectivity index (χ2v) is 5.33. The van der Waals surface area contributed by atoms with Gasteiger partial charge in [0, 0.05) is 18.6 Å². The number of rotatable bonds is 11. The minimum Gasteiger partial charge on any atom is -0.481 e. The molecule has 0 aromatic heterocycles. The van der Waals surface area contributed by atoms with Gasteiger partial charge in [0.25, 0.3) is 0 Å². The van der Waals surface area contributed by atoms with Crippen LogP contribution >= 0.6 is 11.8 Å². The first-order chi connectivity index (χ1) is 9.77. The fraction of sp³-hybridized carbons (Fsp3) is 0.667. The standard InChI is InChI=1S/C12H20N2O6S/c1-21-6-8(9(15)3-5-11(17)18)14-10(16)4-2-7(13)12(19)20/h7-8H,2-6,13H2,1H3,(H,14,16)(H,17,18)(H,19,20)/t7-,8-/m0/s1. The highest BCUT2D eigenvalue weighted by molar-refractivity contribution is 7.98. The Morgan fingerprint density at radius 3 is 2.24 bits per heavy atom. The number of hydrogen-bond donors (Lipinski definition) is 4. The maximum Gasteiger partial charge on any atom is 0.320 e. The van der Waals surface area contributed by atoms with Gasteiger partial charge < -0.3 is 21.3 Å². The van der Waals surface area contributed by atoms with Crippen molar-refractivity contribution in [2.75, 3.05) is 12.0 Å². The molecule has 0 unspecified atom stereocenters. The Balaban J connectivity index is 4.35. The summed E-state index contributed by atoms with van der Waals surface area (Å²) in [5, 5.41) is 19.6. The second kappa shape index (κ2) is 10.2. The molecule has 0 bridgehead atoms. The monoisotopic (exact) mass is 320 g/mol. The molecule has 0 aromatic rings. The lowest BCUT2D eigenvalue weighted by atomic mass is 10.1. The van der Waals surface area contributed by atoms with Crippen molar-refractivity contribution in [1.82, 2.24) is 5.32 Å². The number of aliphatic carboxylic acids is 2. The fourth-order valence-corrected chi connectivity index (χ4v) is 2.07. The average Bonchev–Trinajstić information content (AvgIpc) is 2.41. The number of Topliss-reactive ketones (excluding diaryl/α,β-unsaturated/α-hetero) is 1. The van der Waals surface area contributed by atoms with Crippen molar-refractivity contribution in [3.05, 3.63) is 0 Å². The number of carboxylic acids is 2. The van der Waals surface area contributed by atoms with E-state index in [1.165, 1.54) is 11.8 Å². The molecule has 0 saturated heterocycles. The zero-order valence-electron chi connectivity index (χ0n) is 11.7. The van der Waals surface area contributed by atoms with Crippen molar-refractivity contribution < 1.29 is 29.4 Å². The normalized spacial score (nSPS) is 13.2. The fourth-order valence-electron chi connectivity index (χ4n) is 1.46. The van der Waals surface area contributed by atoms with Gasteiger partial charge in [-0.05, 0) is 12.7 Å². The van der Waals surface area contributed by atoms with E-state index >= 15 is 0 Å². The molecule has 8 nitrogen and oxygen atoms in total. The predicted molar refractivity (Wildman–Crippen MR) is 77.0 cm³/mol. The van der Waals surface area contributed by atoms with E-state index in [-0.39, 0.29) is 31.5 Å². The Bertz CT molecular complexity index is 401. The molecule has 21 heavy (non-hydrogen) atoms. The van der Waals surface area contributed by atoms with E-state index in [1.54, 1.807) is 6.26 Å². The molecule has 9 heteroatoms. The highest BCUT2D eigenvalue weighted by atomic mass is 32.2. The van der Waals surface area contributed by atoms with Crippen LogP contribution in [0.25, 0.3) is 0 Å². The van der Waals surface area contributed by atoms with Crippen LogP contribution in [0.15, 0.2) is 0 Å². The molecule has 0 rings (SSSR count). The first-order valence-electron chi connectivity index (χ1n) is 6.29. The van der Waals surface area contributed by atoms with Crippen LogP contribution in [0, 0.1) is 0 Å². The van der Waals surface area contributed by atoms with Crippen molar-refractivity contribution in [3.8, 4) is 0 Å². The number of amides is 1. The Morgan fingerprint density at radius 1 is 1.14 bits per heavy atom. The third kappa shape index (κ3) is 9.03. The quantitative estimate of drug-likeness (QED) is 0.397. The molecule has 5 N–H and O–H groups in total. The first-order valence-corrected chi connectivity index (χ1v) is 7.68. The summed E-state index contributed by atoms with van der Waals surface area (Å²) < 4.78 is 0. The SMILES string of the molecule is CSC[C@H](NC(=O)CC[C@H](N)C(=O)O)C(=O)CCC(=O)O. The third-order valence-electron chi connectivity index (χ3n) is 2.64. The summed E-state index contributed by atoms with van der Waals surface area (Å²) in [6.07, 6.45) is 1.17. The van der Waals surface area contributed by atoms with E-state index in [0.717, 1.165) is 0 Å². The molecule has 1 amide bonds. The molecule has 0 spiro atoms. The number of carbonyl (C=O) groups is 4. The highest BCUT2D eigenvalue weighted by Crippen LogP contribution is 2.05. The molecule has 0 aromatic carbocycles. The molecule has 0 aliphatic rings. The number of carboxylic acid groups (broad SMARTS) is 2. The van der Waals surface area contributed by atoms with Crippen molar-refractivity contribution in [1.29, 1.82) is 0 Å². The van der Waals surface area contributed by atoms with Gasteiger partial charge in [0.15, 0.2) is 5.78 Å². The molecule has 120 valence electrons. The van der Waals surface area contributed by atoms with Gasteiger partial charge in [-0.2, -0.15) is 11.8 Å². The maximum absolute atomic E-state index is 11.8. The van der Waals surface area contributed by atoms with E-state index in [0.29, 0.717) is 5.75 Å². The van der Waals surface area contributed by atoms with Crippen LogP contribution in [0.3, 0.4) is 0 Å². The van der Waals surface area contributed by atoms with E-state index < -0.39 is 29.9 Å². The highest BCUT2D eigenvalue weighted by Gasteiger charge is 2.21. The van der Waals surface area contributed by atoms with Crippen LogP contribution in [-0.2, 0) is 19.2 Å². The van der Waals surface area contributed by atoms with Crippen LogP contribution in [0.5, 0.6) is 0 Å². The summed E-state index contributed by atoms with van der Waals surface area (Å²) >= 11 is 1.34. The molecular weight excluding hydrogens is 300 g/mol. The number of nitrogens with one attached hydrogen (secondary N) is 1. The smallest absolute Gasteiger partial charge is 0.320 e. The van der Waals surface area contributed by atoms with E-state index in [9.17, 15) is 19.2 Å². The van der Waals surface area contributed by atoms with E-state index in [1.807, 2.05) is 0 Å². The Morgan fingerprint density at radius 2 is 1.76 bits per heavy atom. The van der Waals surface area contributed by atoms with E-state index in [2.05, 4.69) is 5.32 Å². The summed E-state index contributed by atoms with van der Waals surface area (Å²) in [6.45, 7) is 0. The lowest BCUT2D eigenvalue weighted by Gasteiger charge is -2.16. The Kier molecular flexibility index (Phi) is 9.39. The van der Waals surface area contributed by atoms with Crippen molar-refractivity contribution in [2.24, 2.45) is 5.73 Å². The van der Waals surface area contributed by atoms with Gasteiger partial charge >= 0.3 is 11.9 Å². The largest absolute Gasteiger partial charge is 0.481 e. The lowest BCUT2D eigenvalue weighted by Crippen LogP contribution is -2.43. The zero-order chi connectivity index (χ0) is 16.4. The Labute approximate surface area is 126 Å². The van der Waals surface area contributed by atoms with Gasteiger partial charge in [0.05, 0.1) is 12.5 Å². The van der Waals surface area contributed by atoms with Gasteiger partial charge in [-0.15, -0.1) is 0 Å². The molecule has 0 heterocycles. The summed E-state index contributed by atoms with van der Waals surface area (Å²) in [5.74, 6) is -2.78. The van der Waals surface area contributed by atoms with Crippen molar-refractivity contribution in [3.63, 3.8) is 0 Å². The average molecular weight is 320 g/mol. The molecule has 0 aliphatic carbocycles. The van der Waals surface area contributed by atoms with Gasteiger partial charge in [-0.3, -0.25) is 19.2 Å². The van der Waals surface area contributed by atoms with Crippen LogP contribution in [-0.4, -0.2) is 57.9 Å². The molecule has 0 radical (unpaired) electrons. The van der Waals surface area contributed by atoms with E-state index in [4.69, 9.17) is 15.9 Å². The summed E-state index contributed by atoms with van der Waals surface area (Å²) in [7, 11) is 0. The molecule has 0 fully saturated rings. The molecule has 2 atom stereocenters. The van der Waals surface area contributed by atoms with Crippen LogP contribution in [0.4, 0.5) is 0 Å². The predicted octanol–water partition coefficient (Wildman–Crippen LogP) is -0.540. The molecular formula is C12H20N2O6S. The minimum atomic E-state index is -1.19. The summed E-state index contributed by atoms with van der Waals surface area (Å²) in [5.41, 5.74) is 5.28. The zero-order valence-corrected chi connectivity index (χ0v) is 12.5. The number of thioether (sulfide) groups is 1. The van der Waals surface area contributed by atoms with Gasteiger partial charge in [0.1, 0.15) is 6.04 Å². The minimum absolute atomic E-state index is 0.0313. The summed E-state index contributed by atoms with van der Waals surface area (Å²) in [4.78, 5) is 44.4. The number of carbonyl (C=O) groups excluding carboxylic acids is 2. The number of hydrogen-bond acceptors (Lipinski definition) is 6. The van der Waals surface area contributed by atoms with Crippen LogP contribution in [0.2, 0.25) is 0 Å². The second-order valence-electron chi connectivity index (χ2n) is 4.42.